The van der Waals surface area contributed by atoms with E-state index in [9.17, 15) is 9.90 Å². The third-order valence-electron chi connectivity index (χ3n) is 3.93. The van der Waals surface area contributed by atoms with Gasteiger partial charge in [0.2, 0.25) is 0 Å². The van der Waals surface area contributed by atoms with Crippen molar-refractivity contribution in [2.75, 3.05) is 14.2 Å². The highest BCUT2D eigenvalue weighted by Crippen LogP contribution is 2.32. The van der Waals surface area contributed by atoms with Crippen LogP contribution >= 0.6 is 0 Å². The Morgan fingerprint density at radius 1 is 1.19 bits per heavy atom. The summed E-state index contributed by atoms with van der Waals surface area (Å²) in [6.45, 7) is 1.71. The molecule has 0 saturated carbocycles. The lowest BCUT2D eigenvalue weighted by Crippen LogP contribution is -2.17. The Morgan fingerprint density at radius 2 is 1.96 bits per heavy atom. The lowest BCUT2D eigenvalue weighted by molar-refractivity contribution is 0.0929. The van der Waals surface area contributed by atoms with Gasteiger partial charge in [-0.05, 0) is 42.8 Å². The van der Waals surface area contributed by atoms with Crippen molar-refractivity contribution in [2.45, 2.75) is 6.92 Å². The van der Waals surface area contributed by atoms with Crippen molar-refractivity contribution < 1.29 is 23.8 Å². The number of hydrazone groups is 1. The monoisotopic (exact) mass is 354 g/mol. The second-order valence-corrected chi connectivity index (χ2v) is 5.52. The van der Waals surface area contributed by atoms with E-state index < -0.39 is 5.91 Å². The van der Waals surface area contributed by atoms with Crippen LogP contribution in [0.5, 0.6) is 17.2 Å². The van der Waals surface area contributed by atoms with E-state index in [-0.39, 0.29) is 11.5 Å². The summed E-state index contributed by atoms with van der Waals surface area (Å²) in [5, 5.41) is 14.4. The summed E-state index contributed by atoms with van der Waals surface area (Å²) in [6.07, 6.45) is 1.48. The minimum absolute atomic E-state index is 0.0663. The number of furan rings is 1. The molecular formula is C19H18N2O5. The van der Waals surface area contributed by atoms with Gasteiger partial charge >= 0.3 is 5.91 Å². The van der Waals surface area contributed by atoms with Crippen LogP contribution < -0.4 is 14.9 Å². The molecule has 0 spiro atoms. The first kappa shape index (κ1) is 17.3. The SMILES string of the molecule is COc1ccc(C=NNC(=O)c2oc3cccc(O)c3c2C)cc1OC. The average Bonchev–Trinajstić information content (AvgIpc) is 2.99. The molecule has 0 bridgehead atoms. The first-order valence-corrected chi connectivity index (χ1v) is 7.81. The molecule has 0 radical (unpaired) electrons. The molecule has 1 heterocycles. The number of hydrogen-bond acceptors (Lipinski definition) is 6. The van der Waals surface area contributed by atoms with Crippen molar-refractivity contribution in [3.8, 4) is 17.2 Å². The molecule has 0 atom stereocenters. The van der Waals surface area contributed by atoms with Gasteiger partial charge < -0.3 is 19.0 Å². The Kier molecular flexibility index (Phi) is 4.79. The fourth-order valence-electron chi connectivity index (χ4n) is 2.65. The quantitative estimate of drug-likeness (QED) is 0.542. The van der Waals surface area contributed by atoms with Gasteiger partial charge in [0.05, 0.1) is 25.8 Å². The summed E-state index contributed by atoms with van der Waals surface area (Å²) in [6, 6.07) is 10.1. The van der Waals surface area contributed by atoms with Gasteiger partial charge in [0.1, 0.15) is 11.3 Å². The van der Waals surface area contributed by atoms with Crippen LogP contribution in [0.25, 0.3) is 11.0 Å². The number of fused-ring (bicyclic) bond motifs is 1. The molecule has 134 valence electrons. The number of aryl methyl sites for hydroxylation is 1. The molecule has 3 rings (SSSR count). The fraction of sp³-hybridized carbons (Fsp3) is 0.158. The van der Waals surface area contributed by atoms with Crippen LogP contribution in [-0.4, -0.2) is 31.4 Å². The maximum absolute atomic E-state index is 12.3. The highest BCUT2D eigenvalue weighted by molar-refractivity contribution is 6.00. The molecule has 0 saturated heterocycles. The summed E-state index contributed by atoms with van der Waals surface area (Å²) in [5.41, 5.74) is 4.14. The second-order valence-electron chi connectivity index (χ2n) is 5.52. The van der Waals surface area contributed by atoms with Gasteiger partial charge in [-0.25, -0.2) is 5.43 Å². The van der Waals surface area contributed by atoms with E-state index in [0.717, 1.165) is 5.56 Å². The third kappa shape index (κ3) is 3.19. The van der Waals surface area contributed by atoms with E-state index in [2.05, 4.69) is 10.5 Å². The largest absolute Gasteiger partial charge is 0.507 e. The summed E-state index contributed by atoms with van der Waals surface area (Å²) in [5.74, 6) is 0.829. The molecular weight excluding hydrogens is 336 g/mol. The highest BCUT2D eigenvalue weighted by atomic mass is 16.5. The van der Waals surface area contributed by atoms with Crippen molar-refractivity contribution in [3.63, 3.8) is 0 Å². The summed E-state index contributed by atoms with van der Waals surface area (Å²) >= 11 is 0. The highest BCUT2D eigenvalue weighted by Gasteiger charge is 2.19. The van der Waals surface area contributed by atoms with Crippen LogP contribution in [0.2, 0.25) is 0 Å². The third-order valence-corrected chi connectivity index (χ3v) is 3.93. The number of nitrogens with zero attached hydrogens (tertiary/aromatic N) is 1. The number of rotatable bonds is 5. The lowest BCUT2D eigenvalue weighted by Gasteiger charge is -2.07. The Balaban J connectivity index is 1.78. The molecule has 0 fully saturated rings. The zero-order valence-electron chi connectivity index (χ0n) is 14.6. The Hall–Kier alpha value is -3.48. The second kappa shape index (κ2) is 7.18. The van der Waals surface area contributed by atoms with E-state index in [1.54, 1.807) is 57.5 Å². The molecule has 0 aliphatic heterocycles. The van der Waals surface area contributed by atoms with Crippen molar-refractivity contribution in [2.24, 2.45) is 5.10 Å². The molecule has 2 aromatic carbocycles. The Labute approximate surface area is 149 Å². The van der Waals surface area contributed by atoms with Gasteiger partial charge in [-0.15, -0.1) is 0 Å². The molecule has 7 nitrogen and oxygen atoms in total. The zero-order valence-corrected chi connectivity index (χ0v) is 14.6. The molecule has 1 aromatic heterocycles. The van der Waals surface area contributed by atoms with Gasteiger partial charge in [0.15, 0.2) is 17.3 Å². The van der Waals surface area contributed by atoms with E-state index in [0.29, 0.717) is 28.0 Å². The molecule has 26 heavy (non-hydrogen) atoms. The van der Waals surface area contributed by atoms with Crippen molar-refractivity contribution in [3.05, 3.63) is 53.3 Å². The van der Waals surface area contributed by atoms with E-state index in [1.807, 2.05) is 0 Å². The number of hydrogen-bond donors (Lipinski definition) is 2. The van der Waals surface area contributed by atoms with Crippen molar-refractivity contribution >= 4 is 23.1 Å². The predicted molar refractivity (Wildman–Crippen MR) is 97.2 cm³/mol. The normalized spacial score (nSPS) is 11.0. The van der Waals surface area contributed by atoms with Crippen molar-refractivity contribution in [1.29, 1.82) is 0 Å². The van der Waals surface area contributed by atoms with Gasteiger partial charge in [0.25, 0.3) is 0 Å². The number of nitrogens with one attached hydrogen (secondary N) is 1. The summed E-state index contributed by atoms with van der Waals surface area (Å²) in [7, 11) is 3.10. The first-order chi connectivity index (χ1) is 12.5. The van der Waals surface area contributed by atoms with Crippen LogP contribution in [0.15, 0.2) is 45.9 Å². The van der Waals surface area contributed by atoms with Crippen LogP contribution in [0.4, 0.5) is 0 Å². The minimum Gasteiger partial charge on any atom is -0.507 e. The number of amides is 1. The van der Waals surface area contributed by atoms with Gasteiger partial charge in [-0.2, -0.15) is 5.10 Å². The number of phenols is 1. The minimum atomic E-state index is -0.505. The topological polar surface area (TPSA) is 93.3 Å². The van der Waals surface area contributed by atoms with E-state index >= 15 is 0 Å². The molecule has 7 heteroatoms. The standard InChI is InChI=1S/C19H18N2O5/c1-11-17-13(22)5-4-6-15(17)26-18(11)19(23)21-20-10-12-7-8-14(24-2)16(9-12)25-3/h4-10,22H,1-3H3,(H,21,23). The van der Waals surface area contributed by atoms with Gasteiger partial charge in [-0.3, -0.25) is 4.79 Å². The molecule has 0 aliphatic carbocycles. The lowest BCUT2D eigenvalue weighted by atomic mass is 10.1. The Morgan fingerprint density at radius 3 is 2.65 bits per heavy atom. The average molecular weight is 354 g/mol. The first-order valence-electron chi connectivity index (χ1n) is 7.81. The molecule has 0 unspecified atom stereocenters. The molecule has 1 amide bonds. The van der Waals surface area contributed by atoms with Crippen LogP contribution in [-0.2, 0) is 0 Å². The number of aromatic hydroxyl groups is 1. The fourth-order valence-corrected chi connectivity index (χ4v) is 2.65. The number of carbonyl (C=O) groups excluding carboxylic acids is 1. The van der Waals surface area contributed by atoms with E-state index in [1.165, 1.54) is 6.21 Å². The summed E-state index contributed by atoms with van der Waals surface area (Å²) in [4.78, 5) is 12.3. The zero-order chi connectivity index (χ0) is 18.7. The number of methoxy groups -OCH3 is 2. The van der Waals surface area contributed by atoms with Crippen molar-refractivity contribution in [1.82, 2.24) is 5.43 Å². The van der Waals surface area contributed by atoms with Crippen LogP contribution in [0, 0.1) is 6.92 Å². The molecule has 3 aromatic rings. The van der Waals surface area contributed by atoms with Crippen LogP contribution in [0.3, 0.4) is 0 Å². The van der Waals surface area contributed by atoms with Gasteiger partial charge in [-0.1, -0.05) is 6.07 Å². The summed E-state index contributed by atoms with van der Waals surface area (Å²) < 4.78 is 15.9. The number of ether oxygens (including phenoxy) is 2. The smallest absolute Gasteiger partial charge is 0.307 e. The molecule has 0 aliphatic rings. The maximum atomic E-state index is 12.3. The number of phenolic OH excluding ortho intramolecular Hbond substituents is 1. The van der Waals surface area contributed by atoms with E-state index in [4.69, 9.17) is 13.9 Å². The maximum Gasteiger partial charge on any atom is 0.307 e. The Bertz CT molecular complexity index is 991. The van der Waals surface area contributed by atoms with Crippen LogP contribution in [0.1, 0.15) is 21.7 Å². The number of benzene rings is 2. The predicted octanol–water partition coefficient (Wildman–Crippen LogP) is 3.23. The number of carbonyl (C=O) groups is 1. The van der Waals surface area contributed by atoms with Gasteiger partial charge in [0, 0.05) is 5.56 Å². The molecule has 2 N–H and O–H groups in total.